The predicted molar refractivity (Wildman–Crippen MR) is 70.7 cm³/mol. The molecule has 4 nitrogen and oxygen atoms in total. The molecule has 2 aromatic heterocycles. The summed E-state index contributed by atoms with van der Waals surface area (Å²) in [6.07, 6.45) is 3.13. The van der Waals surface area contributed by atoms with E-state index >= 15 is 0 Å². The van der Waals surface area contributed by atoms with E-state index in [0.717, 1.165) is 47.5 Å². The van der Waals surface area contributed by atoms with Gasteiger partial charge in [0.2, 0.25) is 0 Å². The summed E-state index contributed by atoms with van der Waals surface area (Å²) < 4.78 is 1.86. The molecule has 18 heavy (non-hydrogen) atoms. The second-order valence-corrected chi connectivity index (χ2v) is 5.14. The molecule has 0 atom stereocenters. The van der Waals surface area contributed by atoms with Gasteiger partial charge in [0.25, 0.3) is 0 Å². The van der Waals surface area contributed by atoms with Crippen LogP contribution in [0.15, 0.2) is 0 Å². The zero-order chi connectivity index (χ0) is 12.9. The van der Waals surface area contributed by atoms with Crippen molar-refractivity contribution in [2.75, 3.05) is 0 Å². The van der Waals surface area contributed by atoms with E-state index in [2.05, 4.69) is 15.1 Å². The van der Waals surface area contributed by atoms with Crippen molar-refractivity contribution in [1.29, 1.82) is 0 Å². The number of aromatic nitrogens is 4. The fourth-order valence-corrected chi connectivity index (χ4v) is 2.88. The van der Waals surface area contributed by atoms with Crippen molar-refractivity contribution in [2.24, 2.45) is 7.05 Å². The minimum Gasteiger partial charge on any atom is -0.272 e. The molecule has 0 bridgehead atoms. The van der Waals surface area contributed by atoms with Gasteiger partial charge in [0, 0.05) is 24.0 Å². The Bertz CT molecular complexity index is 630. The number of nitrogens with zero attached hydrogens (tertiary/aromatic N) is 4. The number of rotatable bonds is 1. The van der Waals surface area contributed by atoms with Gasteiger partial charge in [-0.05, 0) is 33.1 Å². The quantitative estimate of drug-likeness (QED) is 0.742. The predicted octanol–water partition coefficient (Wildman–Crippen LogP) is 2.64. The molecule has 0 aliphatic heterocycles. The van der Waals surface area contributed by atoms with Crippen molar-refractivity contribution < 1.29 is 0 Å². The lowest BCUT2D eigenvalue weighted by molar-refractivity contribution is 0.731. The van der Waals surface area contributed by atoms with Gasteiger partial charge in [-0.25, -0.2) is 9.97 Å². The van der Waals surface area contributed by atoms with Gasteiger partial charge >= 0.3 is 0 Å². The van der Waals surface area contributed by atoms with E-state index in [-0.39, 0.29) is 0 Å². The molecule has 94 valence electrons. The van der Waals surface area contributed by atoms with Crippen LogP contribution in [0.5, 0.6) is 0 Å². The topological polar surface area (TPSA) is 43.6 Å². The number of aryl methyl sites for hydroxylation is 3. The Balaban J connectivity index is 2.21. The largest absolute Gasteiger partial charge is 0.272 e. The van der Waals surface area contributed by atoms with Gasteiger partial charge in [0.15, 0.2) is 5.82 Å². The molecule has 1 aliphatic rings. The molecule has 0 saturated carbocycles. The Kier molecular flexibility index (Phi) is 2.63. The highest BCUT2D eigenvalue weighted by Crippen LogP contribution is 2.30. The minimum atomic E-state index is 0.607. The van der Waals surface area contributed by atoms with Gasteiger partial charge in [-0.15, -0.1) is 0 Å². The van der Waals surface area contributed by atoms with Gasteiger partial charge in [-0.3, -0.25) is 4.68 Å². The highest BCUT2D eigenvalue weighted by Gasteiger charge is 2.21. The van der Waals surface area contributed by atoms with Crippen LogP contribution in [-0.4, -0.2) is 19.7 Å². The van der Waals surface area contributed by atoms with E-state index in [1.165, 1.54) is 0 Å². The Morgan fingerprint density at radius 1 is 1.17 bits per heavy atom. The number of halogens is 1. The molecule has 0 amide bonds. The first-order valence-corrected chi connectivity index (χ1v) is 6.51. The van der Waals surface area contributed by atoms with E-state index < -0.39 is 0 Å². The molecular weight excluding hydrogens is 248 g/mol. The third-order valence-corrected chi connectivity index (χ3v) is 3.93. The van der Waals surface area contributed by atoms with Crippen LogP contribution in [0.2, 0.25) is 5.15 Å². The maximum absolute atomic E-state index is 6.26. The third kappa shape index (κ3) is 1.63. The minimum absolute atomic E-state index is 0.607. The van der Waals surface area contributed by atoms with Gasteiger partial charge in [-0.1, -0.05) is 11.6 Å². The van der Waals surface area contributed by atoms with Crippen LogP contribution < -0.4 is 0 Å². The first kappa shape index (κ1) is 11.7. The van der Waals surface area contributed by atoms with Gasteiger partial charge in [-0.2, -0.15) is 5.10 Å². The van der Waals surface area contributed by atoms with Crippen LogP contribution in [-0.2, 0) is 19.9 Å². The summed E-state index contributed by atoms with van der Waals surface area (Å²) in [4.78, 5) is 9.12. The van der Waals surface area contributed by atoms with E-state index in [1.807, 2.05) is 25.6 Å². The van der Waals surface area contributed by atoms with Crippen LogP contribution in [0, 0.1) is 13.8 Å². The first-order chi connectivity index (χ1) is 8.58. The third-order valence-electron chi connectivity index (χ3n) is 3.62. The highest BCUT2D eigenvalue weighted by atomic mass is 35.5. The maximum atomic E-state index is 6.26. The Hall–Kier alpha value is -1.42. The lowest BCUT2D eigenvalue weighted by Crippen LogP contribution is -1.99. The molecule has 3 rings (SSSR count). The SMILES string of the molecule is Cc1nn(C)c(C)c1-c1nc(Cl)c2c(n1)CCC2. The number of hydrogen-bond donors (Lipinski definition) is 0. The molecule has 0 N–H and O–H groups in total. The van der Waals surface area contributed by atoms with Crippen LogP contribution in [0.3, 0.4) is 0 Å². The summed E-state index contributed by atoms with van der Waals surface area (Å²) in [5.41, 5.74) is 5.26. The second-order valence-electron chi connectivity index (χ2n) is 4.79. The van der Waals surface area contributed by atoms with Crippen molar-refractivity contribution in [3.05, 3.63) is 27.8 Å². The fraction of sp³-hybridized carbons (Fsp3) is 0.462. The highest BCUT2D eigenvalue weighted by molar-refractivity contribution is 6.30. The average Bonchev–Trinajstić information content (AvgIpc) is 2.85. The number of fused-ring (bicyclic) bond motifs is 1. The molecule has 0 unspecified atom stereocenters. The van der Waals surface area contributed by atoms with E-state index in [4.69, 9.17) is 11.6 Å². The van der Waals surface area contributed by atoms with Crippen molar-refractivity contribution in [1.82, 2.24) is 19.7 Å². The van der Waals surface area contributed by atoms with Crippen molar-refractivity contribution in [2.45, 2.75) is 33.1 Å². The lowest BCUT2D eigenvalue weighted by atomic mass is 10.1. The molecule has 2 aromatic rings. The summed E-state index contributed by atoms with van der Waals surface area (Å²) in [5, 5.41) is 5.01. The zero-order valence-corrected chi connectivity index (χ0v) is 11.5. The van der Waals surface area contributed by atoms with Crippen LogP contribution in [0.4, 0.5) is 0 Å². The molecule has 0 radical (unpaired) electrons. The average molecular weight is 263 g/mol. The monoisotopic (exact) mass is 262 g/mol. The maximum Gasteiger partial charge on any atom is 0.164 e. The fourth-order valence-electron chi connectivity index (χ4n) is 2.60. The summed E-state index contributed by atoms with van der Waals surface area (Å²) in [6.45, 7) is 4.01. The standard InChI is InChI=1S/C13H15ClN4/c1-7-11(8(2)18(3)17-7)13-15-10-6-4-5-9(10)12(14)16-13/h4-6H2,1-3H3. The van der Waals surface area contributed by atoms with Gasteiger partial charge < -0.3 is 0 Å². The summed E-state index contributed by atoms with van der Waals surface area (Å²) >= 11 is 6.26. The van der Waals surface area contributed by atoms with Crippen LogP contribution in [0.1, 0.15) is 29.1 Å². The summed E-state index contributed by atoms with van der Waals surface area (Å²) in [6, 6.07) is 0. The molecule has 0 saturated heterocycles. The molecule has 0 aromatic carbocycles. The summed E-state index contributed by atoms with van der Waals surface area (Å²) in [7, 11) is 1.93. The lowest BCUT2D eigenvalue weighted by Gasteiger charge is -2.06. The molecule has 2 heterocycles. The van der Waals surface area contributed by atoms with E-state index in [1.54, 1.807) is 0 Å². The van der Waals surface area contributed by atoms with E-state index in [9.17, 15) is 0 Å². The molecule has 5 heteroatoms. The van der Waals surface area contributed by atoms with Crippen LogP contribution >= 0.6 is 11.6 Å². The van der Waals surface area contributed by atoms with Gasteiger partial charge in [0.05, 0.1) is 11.3 Å². The Morgan fingerprint density at radius 3 is 2.61 bits per heavy atom. The molecular formula is C13H15ClN4. The zero-order valence-electron chi connectivity index (χ0n) is 10.8. The Labute approximate surface area is 111 Å². The van der Waals surface area contributed by atoms with Crippen LogP contribution in [0.25, 0.3) is 11.4 Å². The van der Waals surface area contributed by atoms with E-state index in [0.29, 0.717) is 11.0 Å². The van der Waals surface area contributed by atoms with Crippen molar-refractivity contribution >= 4 is 11.6 Å². The molecule has 1 aliphatic carbocycles. The summed E-state index contributed by atoms with van der Waals surface area (Å²) in [5.74, 6) is 0.712. The molecule has 0 spiro atoms. The number of hydrogen-bond acceptors (Lipinski definition) is 3. The normalized spacial score (nSPS) is 14.0. The van der Waals surface area contributed by atoms with Gasteiger partial charge in [0.1, 0.15) is 5.15 Å². The second kappa shape index (κ2) is 4.05. The Morgan fingerprint density at radius 2 is 1.94 bits per heavy atom. The van der Waals surface area contributed by atoms with Crippen molar-refractivity contribution in [3.8, 4) is 11.4 Å². The first-order valence-electron chi connectivity index (χ1n) is 6.13. The van der Waals surface area contributed by atoms with Crippen molar-refractivity contribution in [3.63, 3.8) is 0 Å². The smallest absolute Gasteiger partial charge is 0.164 e. The molecule has 0 fully saturated rings.